The van der Waals surface area contributed by atoms with Crippen molar-refractivity contribution >= 4 is 56.8 Å². The molecule has 0 radical (unpaired) electrons. The number of carbonyl (C=O) groups is 1. The zero-order valence-corrected chi connectivity index (χ0v) is 17.2. The Labute approximate surface area is 167 Å². The summed E-state index contributed by atoms with van der Waals surface area (Å²) < 4.78 is 2.81. The molecule has 0 aliphatic heterocycles. The fourth-order valence-corrected chi connectivity index (χ4v) is 2.92. The van der Waals surface area contributed by atoms with Crippen molar-refractivity contribution in [3.05, 3.63) is 46.8 Å². The lowest BCUT2D eigenvalue weighted by Crippen LogP contribution is -2.28. The van der Waals surface area contributed by atoms with Gasteiger partial charge < -0.3 is 15.2 Å². The minimum atomic E-state index is -0.135. The Hall–Kier alpha value is -2.12. The van der Waals surface area contributed by atoms with Gasteiger partial charge in [0.1, 0.15) is 5.52 Å². The first kappa shape index (κ1) is 20.2. The number of nitrogens with zero attached hydrogens (tertiary/aromatic N) is 3. The van der Waals surface area contributed by atoms with Gasteiger partial charge >= 0.3 is 0 Å². The standard InChI is InChI=1S/C18H20BrN5O.ClH/c1-11(2)8-21-18(25)14-9-20-17(15-16(14)24(3)10-22-15)23-13-6-4-5-12(19)7-13;/h4-7,9-11H,8H2,1-3H3,(H,20,23)(H,21,25);1H. The smallest absolute Gasteiger partial charge is 0.255 e. The Morgan fingerprint density at radius 3 is 2.77 bits per heavy atom. The molecule has 6 nitrogen and oxygen atoms in total. The van der Waals surface area contributed by atoms with Crippen LogP contribution in [0.1, 0.15) is 24.2 Å². The van der Waals surface area contributed by atoms with Crippen molar-refractivity contribution < 1.29 is 4.79 Å². The van der Waals surface area contributed by atoms with Gasteiger partial charge in [0, 0.05) is 29.9 Å². The van der Waals surface area contributed by atoms with Crippen LogP contribution in [0.5, 0.6) is 0 Å². The third-order valence-electron chi connectivity index (χ3n) is 3.74. The minimum Gasteiger partial charge on any atom is -0.352 e. The lowest BCUT2D eigenvalue weighted by Gasteiger charge is -2.11. The number of rotatable bonds is 5. The Morgan fingerprint density at radius 2 is 2.08 bits per heavy atom. The number of pyridine rings is 1. The predicted octanol–water partition coefficient (Wildman–Crippen LogP) is 4.28. The van der Waals surface area contributed by atoms with Gasteiger partial charge in [-0.15, -0.1) is 12.4 Å². The van der Waals surface area contributed by atoms with E-state index in [1.165, 1.54) is 0 Å². The van der Waals surface area contributed by atoms with E-state index >= 15 is 0 Å². The number of amides is 1. The molecule has 1 aromatic carbocycles. The number of hydrogen-bond acceptors (Lipinski definition) is 4. The Kier molecular flexibility index (Phi) is 6.61. The minimum absolute atomic E-state index is 0. The van der Waals surface area contributed by atoms with Crippen molar-refractivity contribution in [3.63, 3.8) is 0 Å². The van der Waals surface area contributed by atoms with E-state index in [-0.39, 0.29) is 18.3 Å². The summed E-state index contributed by atoms with van der Waals surface area (Å²) in [4.78, 5) is 21.4. The average molecular weight is 439 g/mol. The SMILES string of the molecule is CC(C)CNC(=O)c1cnc(Nc2cccc(Br)c2)c2ncn(C)c12.Cl. The largest absolute Gasteiger partial charge is 0.352 e. The zero-order valence-electron chi connectivity index (χ0n) is 14.8. The lowest BCUT2D eigenvalue weighted by molar-refractivity contribution is 0.0950. The fourth-order valence-electron chi connectivity index (χ4n) is 2.53. The van der Waals surface area contributed by atoms with Gasteiger partial charge in [-0.2, -0.15) is 0 Å². The molecule has 0 spiro atoms. The highest BCUT2D eigenvalue weighted by molar-refractivity contribution is 9.10. The van der Waals surface area contributed by atoms with Gasteiger partial charge in [0.25, 0.3) is 5.91 Å². The van der Waals surface area contributed by atoms with Gasteiger partial charge in [-0.25, -0.2) is 9.97 Å². The lowest BCUT2D eigenvalue weighted by atomic mass is 10.2. The summed E-state index contributed by atoms with van der Waals surface area (Å²) in [7, 11) is 1.87. The van der Waals surface area contributed by atoms with Crippen LogP contribution in [-0.4, -0.2) is 27.0 Å². The molecule has 0 saturated heterocycles. The van der Waals surface area contributed by atoms with Crippen LogP contribution in [-0.2, 0) is 7.05 Å². The van der Waals surface area contributed by atoms with Crippen molar-refractivity contribution in [1.29, 1.82) is 0 Å². The van der Waals surface area contributed by atoms with Crippen molar-refractivity contribution in [2.75, 3.05) is 11.9 Å². The number of imidazole rings is 1. The maximum absolute atomic E-state index is 12.5. The van der Waals surface area contributed by atoms with E-state index in [4.69, 9.17) is 0 Å². The van der Waals surface area contributed by atoms with Crippen LogP contribution < -0.4 is 10.6 Å². The molecule has 0 bridgehead atoms. The first-order valence-corrected chi connectivity index (χ1v) is 8.86. The Bertz CT molecular complexity index is 925. The van der Waals surface area contributed by atoms with Crippen molar-refractivity contribution in [1.82, 2.24) is 19.9 Å². The topological polar surface area (TPSA) is 71.8 Å². The number of fused-ring (bicyclic) bond motifs is 1. The van der Waals surface area contributed by atoms with Gasteiger partial charge in [0.05, 0.1) is 17.4 Å². The normalized spacial score (nSPS) is 10.7. The van der Waals surface area contributed by atoms with E-state index in [9.17, 15) is 4.79 Å². The van der Waals surface area contributed by atoms with Gasteiger partial charge in [0.15, 0.2) is 5.82 Å². The summed E-state index contributed by atoms with van der Waals surface area (Å²) >= 11 is 3.46. The van der Waals surface area contributed by atoms with Gasteiger partial charge in [-0.05, 0) is 24.1 Å². The first-order chi connectivity index (χ1) is 12.0. The maximum Gasteiger partial charge on any atom is 0.255 e. The first-order valence-electron chi connectivity index (χ1n) is 8.06. The van der Waals surface area contributed by atoms with Gasteiger partial charge in [0.2, 0.25) is 0 Å². The second-order valence-electron chi connectivity index (χ2n) is 6.31. The highest BCUT2D eigenvalue weighted by atomic mass is 79.9. The molecule has 2 aromatic heterocycles. The third kappa shape index (κ3) is 4.34. The molecular formula is C18H21BrClN5O. The number of aromatic nitrogens is 3. The number of aryl methyl sites for hydroxylation is 1. The number of halogens is 2. The summed E-state index contributed by atoms with van der Waals surface area (Å²) in [6.07, 6.45) is 3.29. The van der Waals surface area contributed by atoms with Crippen LogP contribution in [0.3, 0.4) is 0 Å². The molecule has 0 fully saturated rings. The van der Waals surface area contributed by atoms with Crippen LogP contribution in [0, 0.1) is 5.92 Å². The second-order valence-corrected chi connectivity index (χ2v) is 7.23. The van der Waals surface area contributed by atoms with Crippen LogP contribution in [0.25, 0.3) is 11.0 Å². The maximum atomic E-state index is 12.5. The average Bonchev–Trinajstić information content (AvgIpc) is 2.96. The number of benzene rings is 1. The second kappa shape index (κ2) is 8.51. The van der Waals surface area contributed by atoms with Crippen LogP contribution in [0.15, 0.2) is 41.3 Å². The number of hydrogen-bond donors (Lipinski definition) is 2. The molecule has 2 N–H and O–H groups in total. The van der Waals surface area contributed by atoms with Crippen LogP contribution in [0.4, 0.5) is 11.5 Å². The Morgan fingerprint density at radius 1 is 1.31 bits per heavy atom. The molecule has 0 unspecified atom stereocenters. The summed E-state index contributed by atoms with van der Waals surface area (Å²) in [6.45, 7) is 4.74. The summed E-state index contributed by atoms with van der Waals surface area (Å²) in [5.41, 5.74) is 2.84. The molecule has 0 atom stereocenters. The molecule has 3 rings (SSSR count). The number of nitrogens with one attached hydrogen (secondary N) is 2. The molecule has 8 heteroatoms. The third-order valence-corrected chi connectivity index (χ3v) is 4.24. The highest BCUT2D eigenvalue weighted by Crippen LogP contribution is 2.26. The fraction of sp³-hybridized carbons (Fsp3) is 0.278. The summed E-state index contributed by atoms with van der Waals surface area (Å²) in [5, 5.41) is 6.21. The van der Waals surface area contributed by atoms with Crippen LogP contribution in [0.2, 0.25) is 0 Å². The van der Waals surface area contributed by atoms with E-state index in [1.54, 1.807) is 12.5 Å². The predicted molar refractivity (Wildman–Crippen MR) is 110 cm³/mol. The Balaban J connectivity index is 0.00000243. The molecular weight excluding hydrogens is 418 g/mol. The van der Waals surface area contributed by atoms with Crippen LogP contribution >= 0.6 is 28.3 Å². The van der Waals surface area contributed by atoms with E-state index in [0.717, 1.165) is 15.7 Å². The molecule has 0 aliphatic carbocycles. The quantitative estimate of drug-likeness (QED) is 0.623. The van der Waals surface area contributed by atoms with Crippen molar-refractivity contribution in [2.24, 2.45) is 13.0 Å². The van der Waals surface area contributed by atoms with E-state index in [1.807, 2.05) is 35.9 Å². The molecule has 0 aliphatic rings. The number of carbonyl (C=O) groups excluding carboxylic acids is 1. The van der Waals surface area contributed by atoms with Crippen molar-refractivity contribution in [3.8, 4) is 0 Å². The molecule has 3 aromatic rings. The van der Waals surface area contributed by atoms with E-state index in [0.29, 0.717) is 29.4 Å². The van der Waals surface area contributed by atoms with Crippen molar-refractivity contribution in [2.45, 2.75) is 13.8 Å². The number of anilines is 2. The monoisotopic (exact) mass is 437 g/mol. The molecule has 2 heterocycles. The summed E-state index contributed by atoms with van der Waals surface area (Å²) in [6, 6.07) is 7.80. The zero-order chi connectivity index (χ0) is 18.0. The highest BCUT2D eigenvalue weighted by Gasteiger charge is 2.17. The molecule has 138 valence electrons. The molecule has 26 heavy (non-hydrogen) atoms. The molecule has 1 amide bonds. The molecule has 0 saturated carbocycles. The van der Waals surface area contributed by atoms with E-state index in [2.05, 4.69) is 50.4 Å². The van der Waals surface area contributed by atoms with Gasteiger partial charge in [-0.1, -0.05) is 35.8 Å². The summed E-state index contributed by atoms with van der Waals surface area (Å²) in [5.74, 6) is 0.870. The van der Waals surface area contributed by atoms with E-state index < -0.39 is 0 Å². The van der Waals surface area contributed by atoms with Gasteiger partial charge in [-0.3, -0.25) is 4.79 Å².